The van der Waals surface area contributed by atoms with E-state index in [0.29, 0.717) is 23.7 Å². The summed E-state index contributed by atoms with van der Waals surface area (Å²) in [7, 11) is 0. The normalized spacial score (nSPS) is 15.3. The van der Waals surface area contributed by atoms with Gasteiger partial charge < -0.3 is 10.0 Å². The first-order chi connectivity index (χ1) is 7.22. The Morgan fingerprint density at radius 2 is 2.27 bits per heavy atom. The van der Waals surface area contributed by atoms with Gasteiger partial charge in [0.1, 0.15) is 0 Å². The van der Waals surface area contributed by atoms with Crippen molar-refractivity contribution in [2.24, 2.45) is 0 Å². The molecule has 0 aromatic heterocycles. The van der Waals surface area contributed by atoms with E-state index in [-0.39, 0.29) is 12.5 Å². The van der Waals surface area contributed by atoms with Gasteiger partial charge in [-0.15, -0.1) is 0 Å². The maximum absolute atomic E-state index is 11.9. The van der Waals surface area contributed by atoms with E-state index < -0.39 is 0 Å². The van der Waals surface area contributed by atoms with Crippen molar-refractivity contribution in [3.63, 3.8) is 0 Å². The number of carbonyl (C=O) groups is 1. The largest absolute Gasteiger partial charge is 0.395 e. The lowest BCUT2D eigenvalue weighted by molar-refractivity contribution is 0.0705. The van der Waals surface area contributed by atoms with Crippen molar-refractivity contribution in [3.05, 3.63) is 34.3 Å². The van der Waals surface area contributed by atoms with Crippen molar-refractivity contribution in [1.29, 1.82) is 0 Å². The number of β-amino-alcohol motifs (C(OH)–C–C–N with tert-alkyl or cyclic N) is 1. The Bertz CT molecular complexity index is 392. The Hall–Kier alpha value is -1.06. The summed E-state index contributed by atoms with van der Waals surface area (Å²) in [6, 6.07) is 5.39. The number of nitrogens with zero attached hydrogens (tertiary/aromatic N) is 1. The molecule has 1 amide bonds. The average Bonchev–Trinajstić information content (AvgIpc) is 2.23. The second-order valence-electron chi connectivity index (χ2n) is 3.57. The Kier molecular flexibility index (Phi) is 2.93. The van der Waals surface area contributed by atoms with Crippen LogP contribution in [0.25, 0.3) is 0 Å². The molecule has 80 valence electrons. The highest BCUT2D eigenvalue weighted by atomic mass is 35.5. The molecule has 1 heterocycles. The molecule has 0 saturated carbocycles. The second kappa shape index (κ2) is 4.21. The molecule has 0 atom stereocenters. The van der Waals surface area contributed by atoms with Gasteiger partial charge in [0.2, 0.25) is 0 Å². The van der Waals surface area contributed by atoms with E-state index in [1.807, 2.05) is 6.07 Å². The van der Waals surface area contributed by atoms with Crippen LogP contribution in [0.3, 0.4) is 0 Å². The van der Waals surface area contributed by atoms with E-state index in [2.05, 4.69) is 0 Å². The third-order valence-electron chi connectivity index (χ3n) is 2.61. The predicted octanol–water partition coefficient (Wildman–Crippen LogP) is 1.33. The molecule has 1 aromatic rings. The quantitative estimate of drug-likeness (QED) is 0.825. The smallest absolute Gasteiger partial charge is 0.254 e. The topological polar surface area (TPSA) is 40.5 Å². The molecule has 1 aliphatic heterocycles. The SMILES string of the molecule is O=C1c2cc(Cl)ccc2CCN1CCO. The summed E-state index contributed by atoms with van der Waals surface area (Å²) >= 11 is 5.85. The average molecular weight is 226 g/mol. The molecule has 1 N–H and O–H groups in total. The van der Waals surface area contributed by atoms with E-state index in [4.69, 9.17) is 16.7 Å². The molecule has 15 heavy (non-hydrogen) atoms. The van der Waals surface area contributed by atoms with Gasteiger partial charge in [-0.1, -0.05) is 17.7 Å². The van der Waals surface area contributed by atoms with Crippen LogP contribution < -0.4 is 0 Å². The number of rotatable bonds is 2. The number of amides is 1. The molecule has 2 rings (SSSR count). The fourth-order valence-electron chi connectivity index (χ4n) is 1.83. The van der Waals surface area contributed by atoms with Crippen LogP contribution in [0.2, 0.25) is 5.02 Å². The van der Waals surface area contributed by atoms with Gasteiger partial charge in [0, 0.05) is 23.7 Å². The fourth-order valence-corrected chi connectivity index (χ4v) is 2.00. The lowest BCUT2D eigenvalue weighted by atomic mass is 9.99. The molecule has 1 aliphatic rings. The number of aliphatic hydroxyl groups is 1. The number of aliphatic hydroxyl groups excluding tert-OH is 1. The molecule has 0 saturated heterocycles. The molecule has 0 bridgehead atoms. The number of halogens is 1. The summed E-state index contributed by atoms with van der Waals surface area (Å²) in [5.74, 6) is -0.0344. The maximum atomic E-state index is 11.9. The van der Waals surface area contributed by atoms with Crippen molar-refractivity contribution in [2.45, 2.75) is 6.42 Å². The number of fused-ring (bicyclic) bond motifs is 1. The first-order valence-corrected chi connectivity index (χ1v) is 5.28. The van der Waals surface area contributed by atoms with Crippen molar-refractivity contribution in [3.8, 4) is 0 Å². The Labute approximate surface area is 93.3 Å². The molecule has 3 nitrogen and oxygen atoms in total. The molecule has 4 heteroatoms. The summed E-state index contributed by atoms with van der Waals surface area (Å²) in [5.41, 5.74) is 1.71. The molecule has 0 radical (unpaired) electrons. The van der Waals surface area contributed by atoms with E-state index >= 15 is 0 Å². The molecule has 0 spiro atoms. The van der Waals surface area contributed by atoms with E-state index in [1.54, 1.807) is 17.0 Å². The zero-order valence-electron chi connectivity index (χ0n) is 8.24. The van der Waals surface area contributed by atoms with Gasteiger partial charge in [-0.25, -0.2) is 0 Å². The zero-order valence-corrected chi connectivity index (χ0v) is 9.00. The van der Waals surface area contributed by atoms with Crippen LogP contribution in [-0.4, -0.2) is 35.6 Å². The summed E-state index contributed by atoms with van der Waals surface area (Å²) in [6.07, 6.45) is 0.832. The van der Waals surface area contributed by atoms with Gasteiger partial charge >= 0.3 is 0 Å². The van der Waals surface area contributed by atoms with Crippen LogP contribution in [0.1, 0.15) is 15.9 Å². The minimum atomic E-state index is -0.0344. The van der Waals surface area contributed by atoms with Crippen LogP contribution in [0.5, 0.6) is 0 Å². The molecule has 0 unspecified atom stereocenters. The first kappa shape index (κ1) is 10.5. The minimum Gasteiger partial charge on any atom is -0.395 e. The van der Waals surface area contributed by atoms with Gasteiger partial charge in [-0.05, 0) is 24.1 Å². The van der Waals surface area contributed by atoms with Gasteiger partial charge in [0.25, 0.3) is 5.91 Å². The van der Waals surface area contributed by atoms with Crippen LogP contribution in [0.15, 0.2) is 18.2 Å². The Morgan fingerprint density at radius 1 is 1.47 bits per heavy atom. The maximum Gasteiger partial charge on any atom is 0.254 e. The molecule has 0 aliphatic carbocycles. The fraction of sp³-hybridized carbons (Fsp3) is 0.364. The van der Waals surface area contributed by atoms with E-state index in [0.717, 1.165) is 12.0 Å². The zero-order chi connectivity index (χ0) is 10.8. The molecule has 1 aromatic carbocycles. The van der Waals surface area contributed by atoms with Gasteiger partial charge in [0.15, 0.2) is 0 Å². The summed E-state index contributed by atoms with van der Waals surface area (Å²) in [6.45, 7) is 1.07. The van der Waals surface area contributed by atoms with Crippen molar-refractivity contribution < 1.29 is 9.90 Å². The summed E-state index contributed by atoms with van der Waals surface area (Å²) in [4.78, 5) is 13.6. The van der Waals surface area contributed by atoms with Gasteiger partial charge in [-0.2, -0.15) is 0 Å². The van der Waals surface area contributed by atoms with Crippen LogP contribution in [0.4, 0.5) is 0 Å². The number of carbonyl (C=O) groups excluding carboxylic acids is 1. The van der Waals surface area contributed by atoms with Gasteiger partial charge in [0.05, 0.1) is 6.61 Å². The van der Waals surface area contributed by atoms with Crippen molar-refractivity contribution in [1.82, 2.24) is 4.90 Å². The highest BCUT2D eigenvalue weighted by molar-refractivity contribution is 6.31. The van der Waals surface area contributed by atoms with E-state index in [9.17, 15) is 4.79 Å². The van der Waals surface area contributed by atoms with Crippen LogP contribution in [0, 0.1) is 0 Å². The monoisotopic (exact) mass is 225 g/mol. The number of hydrogen-bond donors (Lipinski definition) is 1. The number of benzene rings is 1. The third kappa shape index (κ3) is 1.98. The first-order valence-electron chi connectivity index (χ1n) is 4.91. The van der Waals surface area contributed by atoms with Crippen LogP contribution >= 0.6 is 11.6 Å². The Morgan fingerprint density at radius 3 is 3.00 bits per heavy atom. The molecular weight excluding hydrogens is 214 g/mol. The molecular formula is C11H12ClNO2. The van der Waals surface area contributed by atoms with E-state index in [1.165, 1.54) is 0 Å². The lowest BCUT2D eigenvalue weighted by Gasteiger charge is -2.27. The standard InChI is InChI=1S/C11H12ClNO2/c12-9-2-1-8-3-4-13(5-6-14)11(15)10(8)7-9/h1-2,7,14H,3-6H2. The number of hydrogen-bond acceptors (Lipinski definition) is 2. The summed E-state index contributed by atoms with van der Waals surface area (Å²) < 4.78 is 0. The van der Waals surface area contributed by atoms with Gasteiger partial charge in [-0.3, -0.25) is 4.79 Å². The Balaban J connectivity index is 2.32. The van der Waals surface area contributed by atoms with Crippen LogP contribution in [-0.2, 0) is 6.42 Å². The third-order valence-corrected chi connectivity index (χ3v) is 2.85. The highest BCUT2D eigenvalue weighted by Crippen LogP contribution is 2.22. The molecule has 0 fully saturated rings. The summed E-state index contributed by atoms with van der Waals surface area (Å²) in [5, 5.41) is 9.40. The second-order valence-corrected chi connectivity index (χ2v) is 4.00. The minimum absolute atomic E-state index is 0.00163. The van der Waals surface area contributed by atoms with Crippen molar-refractivity contribution >= 4 is 17.5 Å². The highest BCUT2D eigenvalue weighted by Gasteiger charge is 2.23. The predicted molar refractivity (Wildman–Crippen MR) is 58.1 cm³/mol. The lowest BCUT2D eigenvalue weighted by Crippen LogP contribution is -2.39. The van der Waals surface area contributed by atoms with Crippen molar-refractivity contribution in [2.75, 3.05) is 19.7 Å².